The average Bonchev–Trinajstić information content (AvgIpc) is 2.88. The molecular weight excluding hydrogens is 255 g/mol. The van der Waals surface area contributed by atoms with Crippen LogP contribution in [0.2, 0.25) is 0 Å². The van der Waals surface area contributed by atoms with Gasteiger partial charge in [-0.05, 0) is 47.5 Å². The summed E-state index contributed by atoms with van der Waals surface area (Å²) in [5.41, 5.74) is 11.2. The highest BCUT2D eigenvalue weighted by Gasteiger charge is 2.04. The van der Waals surface area contributed by atoms with E-state index in [2.05, 4.69) is 10.0 Å². The zero-order chi connectivity index (χ0) is 13.9. The van der Waals surface area contributed by atoms with E-state index in [1.165, 1.54) is 12.1 Å². The SMILES string of the molecule is [N-]=[N+]=NCc1cccc(-n2ccc3cc(F)ccc32)c1. The highest BCUT2D eigenvalue weighted by atomic mass is 19.1. The van der Waals surface area contributed by atoms with Crippen molar-refractivity contribution in [2.24, 2.45) is 5.11 Å². The molecule has 1 heterocycles. The fourth-order valence-corrected chi connectivity index (χ4v) is 2.26. The van der Waals surface area contributed by atoms with Crippen molar-refractivity contribution in [1.82, 2.24) is 4.57 Å². The van der Waals surface area contributed by atoms with E-state index >= 15 is 0 Å². The van der Waals surface area contributed by atoms with E-state index < -0.39 is 0 Å². The van der Waals surface area contributed by atoms with Crippen LogP contribution in [0.1, 0.15) is 5.56 Å². The predicted octanol–water partition coefficient (Wildman–Crippen LogP) is 4.58. The number of rotatable bonds is 3. The van der Waals surface area contributed by atoms with E-state index in [9.17, 15) is 4.39 Å². The van der Waals surface area contributed by atoms with Gasteiger partial charge in [0.2, 0.25) is 0 Å². The van der Waals surface area contributed by atoms with Crippen LogP contribution in [-0.4, -0.2) is 4.57 Å². The first-order valence-corrected chi connectivity index (χ1v) is 6.15. The van der Waals surface area contributed by atoms with Crippen molar-refractivity contribution in [3.05, 3.63) is 76.6 Å². The third kappa shape index (κ3) is 2.22. The summed E-state index contributed by atoms with van der Waals surface area (Å²) in [5.74, 6) is -0.243. The maximum Gasteiger partial charge on any atom is 0.123 e. The maximum absolute atomic E-state index is 13.2. The molecule has 2 aromatic carbocycles. The zero-order valence-electron chi connectivity index (χ0n) is 10.6. The van der Waals surface area contributed by atoms with Crippen LogP contribution >= 0.6 is 0 Å². The van der Waals surface area contributed by atoms with Gasteiger partial charge in [0.25, 0.3) is 0 Å². The summed E-state index contributed by atoms with van der Waals surface area (Å²) < 4.78 is 15.2. The maximum atomic E-state index is 13.2. The fraction of sp³-hybridized carbons (Fsp3) is 0.0667. The Kier molecular flexibility index (Phi) is 3.11. The Bertz CT molecular complexity index is 816. The Hall–Kier alpha value is -2.78. The van der Waals surface area contributed by atoms with Crippen LogP contribution in [0.3, 0.4) is 0 Å². The number of fused-ring (bicyclic) bond motifs is 1. The molecule has 0 fully saturated rings. The van der Waals surface area contributed by atoms with Gasteiger partial charge in [-0.3, -0.25) is 0 Å². The molecule has 0 N–H and O–H groups in total. The molecule has 4 nitrogen and oxygen atoms in total. The highest BCUT2D eigenvalue weighted by molar-refractivity contribution is 5.82. The molecule has 0 spiro atoms. The normalized spacial score (nSPS) is 10.4. The number of halogens is 1. The minimum atomic E-state index is -0.243. The summed E-state index contributed by atoms with van der Waals surface area (Å²) in [4.78, 5) is 2.76. The quantitative estimate of drug-likeness (QED) is 0.378. The minimum Gasteiger partial charge on any atom is -0.317 e. The van der Waals surface area contributed by atoms with Crippen molar-refractivity contribution in [3.8, 4) is 5.69 Å². The first-order valence-electron chi connectivity index (χ1n) is 6.15. The lowest BCUT2D eigenvalue weighted by Gasteiger charge is -2.07. The molecule has 0 radical (unpaired) electrons. The summed E-state index contributed by atoms with van der Waals surface area (Å²) in [6.07, 6.45) is 1.90. The Morgan fingerprint density at radius 3 is 2.90 bits per heavy atom. The van der Waals surface area contributed by atoms with Crippen LogP contribution in [0.5, 0.6) is 0 Å². The lowest BCUT2D eigenvalue weighted by Crippen LogP contribution is -1.93. The molecule has 0 saturated carbocycles. The summed E-state index contributed by atoms with van der Waals surface area (Å²) in [6, 6.07) is 14.3. The van der Waals surface area contributed by atoms with Crippen LogP contribution in [0.15, 0.2) is 59.8 Å². The molecule has 0 saturated heterocycles. The van der Waals surface area contributed by atoms with Gasteiger partial charge in [0.05, 0.1) is 12.1 Å². The number of azide groups is 1. The second-order valence-electron chi connectivity index (χ2n) is 4.45. The van der Waals surface area contributed by atoms with Gasteiger partial charge in [-0.25, -0.2) is 4.39 Å². The van der Waals surface area contributed by atoms with Gasteiger partial charge >= 0.3 is 0 Å². The van der Waals surface area contributed by atoms with E-state index in [1.807, 2.05) is 41.1 Å². The predicted molar refractivity (Wildman–Crippen MR) is 76.1 cm³/mol. The smallest absolute Gasteiger partial charge is 0.123 e. The van der Waals surface area contributed by atoms with Crippen LogP contribution < -0.4 is 0 Å². The average molecular weight is 266 g/mol. The molecule has 0 amide bonds. The Morgan fingerprint density at radius 1 is 1.15 bits per heavy atom. The zero-order valence-corrected chi connectivity index (χ0v) is 10.6. The number of aromatic nitrogens is 1. The van der Waals surface area contributed by atoms with E-state index in [0.29, 0.717) is 6.54 Å². The Labute approximate surface area is 114 Å². The van der Waals surface area contributed by atoms with Crippen LogP contribution in [-0.2, 0) is 6.54 Å². The molecule has 0 aliphatic carbocycles. The number of hydrogen-bond acceptors (Lipinski definition) is 1. The minimum absolute atomic E-state index is 0.243. The molecule has 0 bridgehead atoms. The molecule has 98 valence electrons. The van der Waals surface area contributed by atoms with Gasteiger partial charge in [0.1, 0.15) is 5.82 Å². The standard InChI is InChI=1S/C15H11FN4/c16-13-4-5-15-12(9-13)6-7-20(15)14-3-1-2-11(8-14)10-18-19-17/h1-9H,10H2. The summed E-state index contributed by atoms with van der Waals surface area (Å²) >= 11 is 0. The summed E-state index contributed by atoms with van der Waals surface area (Å²) in [6.45, 7) is 0.318. The third-order valence-corrected chi connectivity index (χ3v) is 3.16. The van der Waals surface area contributed by atoms with Crippen molar-refractivity contribution in [2.45, 2.75) is 6.54 Å². The van der Waals surface area contributed by atoms with Crippen LogP contribution in [0.4, 0.5) is 4.39 Å². The lowest BCUT2D eigenvalue weighted by atomic mass is 10.2. The Balaban J connectivity index is 2.08. The molecular formula is C15H11FN4. The van der Waals surface area contributed by atoms with Crippen LogP contribution in [0.25, 0.3) is 27.0 Å². The van der Waals surface area contributed by atoms with Gasteiger partial charge < -0.3 is 4.57 Å². The second-order valence-corrected chi connectivity index (χ2v) is 4.45. The van der Waals surface area contributed by atoms with Gasteiger partial charge in [-0.15, -0.1) is 0 Å². The van der Waals surface area contributed by atoms with Crippen molar-refractivity contribution >= 4 is 10.9 Å². The lowest BCUT2D eigenvalue weighted by molar-refractivity contribution is 0.629. The molecule has 0 aliphatic rings. The second kappa shape index (κ2) is 5.07. The number of nitrogens with zero attached hydrogens (tertiary/aromatic N) is 4. The first kappa shape index (κ1) is 12.3. The van der Waals surface area contributed by atoms with Crippen molar-refractivity contribution in [3.63, 3.8) is 0 Å². The van der Waals surface area contributed by atoms with Crippen molar-refractivity contribution < 1.29 is 4.39 Å². The van der Waals surface area contributed by atoms with Gasteiger partial charge in [0, 0.05) is 22.2 Å². The van der Waals surface area contributed by atoms with E-state index in [4.69, 9.17) is 5.53 Å². The molecule has 5 heteroatoms. The van der Waals surface area contributed by atoms with Crippen molar-refractivity contribution in [2.75, 3.05) is 0 Å². The largest absolute Gasteiger partial charge is 0.317 e. The van der Waals surface area contributed by atoms with E-state index in [1.54, 1.807) is 6.07 Å². The highest BCUT2D eigenvalue weighted by Crippen LogP contribution is 2.22. The molecule has 0 aliphatic heterocycles. The molecule has 1 aromatic heterocycles. The number of hydrogen-bond donors (Lipinski definition) is 0. The fourth-order valence-electron chi connectivity index (χ4n) is 2.26. The molecule has 3 aromatic rings. The third-order valence-electron chi connectivity index (χ3n) is 3.16. The summed E-state index contributed by atoms with van der Waals surface area (Å²) in [7, 11) is 0. The summed E-state index contributed by atoms with van der Waals surface area (Å²) in [5, 5.41) is 4.41. The number of benzene rings is 2. The molecule has 0 unspecified atom stereocenters. The molecule has 3 rings (SSSR count). The van der Waals surface area contributed by atoms with Gasteiger partial charge in [-0.2, -0.15) is 0 Å². The monoisotopic (exact) mass is 266 g/mol. The van der Waals surface area contributed by atoms with Crippen LogP contribution in [0, 0.1) is 5.82 Å². The van der Waals surface area contributed by atoms with Gasteiger partial charge in [0.15, 0.2) is 0 Å². The topological polar surface area (TPSA) is 53.7 Å². The van der Waals surface area contributed by atoms with Crippen molar-refractivity contribution in [1.29, 1.82) is 0 Å². The van der Waals surface area contributed by atoms with E-state index in [0.717, 1.165) is 22.2 Å². The first-order chi connectivity index (χ1) is 9.78. The van der Waals surface area contributed by atoms with Gasteiger partial charge in [-0.1, -0.05) is 17.2 Å². The molecule has 20 heavy (non-hydrogen) atoms. The van der Waals surface area contributed by atoms with E-state index in [-0.39, 0.29) is 5.82 Å². The molecule has 0 atom stereocenters. The Morgan fingerprint density at radius 2 is 2.05 bits per heavy atom.